The lowest BCUT2D eigenvalue weighted by atomic mass is 9.48. The van der Waals surface area contributed by atoms with Gasteiger partial charge in [-0.2, -0.15) is 0 Å². The van der Waals surface area contributed by atoms with Gasteiger partial charge in [0.25, 0.3) is 0 Å². The average molecular weight is 345 g/mol. The van der Waals surface area contributed by atoms with Gasteiger partial charge in [-0.3, -0.25) is 0 Å². The molecule has 4 fully saturated rings. The second-order valence-electron chi connectivity index (χ2n) is 11.0. The third kappa shape index (κ3) is 3.02. The van der Waals surface area contributed by atoms with E-state index in [9.17, 15) is 0 Å². The molecule has 0 amide bonds. The monoisotopic (exact) mass is 344 g/mol. The Kier molecular flexibility index (Phi) is 5.29. The topological polar surface area (TPSA) is 0 Å². The van der Waals surface area contributed by atoms with Gasteiger partial charge in [-0.15, -0.1) is 0 Å². The highest BCUT2D eigenvalue weighted by atomic mass is 14.6. The molecule has 0 saturated heterocycles. The van der Waals surface area contributed by atoms with Gasteiger partial charge in [-0.1, -0.05) is 53.4 Å². The van der Waals surface area contributed by atoms with Gasteiger partial charge < -0.3 is 0 Å². The van der Waals surface area contributed by atoms with Crippen molar-refractivity contribution in [2.45, 2.75) is 105 Å². The lowest BCUT2D eigenvalue weighted by Gasteiger charge is -2.57. The van der Waals surface area contributed by atoms with Crippen molar-refractivity contribution in [3.05, 3.63) is 0 Å². The minimum atomic E-state index is 0.697. The molecule has 0 nitrogen and oxygen atoms in total. The Labute approximate surface area is 157 Å². The molecule has 4 aliphatic rings. The van der Waals surface area contributed by atoms with Crippen molar-refractivity contribution in [3.63, 3.8) is 0 Å². The van der Waals surface area contributed by atoms with Crippen molar-refractivity contribution in [1.29, 1.82) is 0 Å². The molecule has 25 heavy (non-hydrogen) atoms. The zero-order chi connectivity index (χ0) is 17.6. The first-order valence-electron chi connectivity index (χ1n) is 12.1. The van der Waals surface area contributed by atoms with E-state index in [0.717, 1.165) is 47.3 Å². The Morgan fingerprint density at radius 2 is 1.68 bits per heavy atom. The van der Waals surface area contributed by atoms with E-state index in [2.05, 4.69) is 27.7 Å². The third-order valence-corrected chi connectivity index (χ3v) is 10.2. The summed E-state index contributed by atoms with van der Waals surface area (Å²) < 4.78 is 0. The van der Waals surface area contributed by atoms with Crippen LogP contribution >= 0.6 is 0 Å². The van der Waals surface area contributed by atoms with E-state index in [1.807, 2.05) is 0 Å². The highest BCUT2D eigenvalue weighted by Gasteiger charge is 2.57. The van der Waals surface area contributed by atoms with Crippen LogP contribution in [0.3, 0.4) is 0 Å². The molecular weight excluding hydrogens is 300 g/mol. The van der Waals surface area contributed by atoms with Gasteiger partial charge in [0.05, 0.1) is 0 Å². The molecule has 0 bridgehead atoms. The Hall–Kier alpha value is 0. The summed E-state index contributed by atoms with van der Waals surface area (Å²) in [7, 11) is 0. The zero-order valence-electron chi connectivity index (χ0n) is 17.6. The maximum atomic E-state index is 2.72. The van der Waals surface area contributed by atoms with Crippen molar-refractivity contribution < 1.29 is 0 Å². The molecule has 0 aromatic carbocycles. The fourth-order valence-corrected chi connectivity index (χ4v) is 8.88. The molecule has 0 radical (unpaired) electrons. The first-order valence-corrected chi connectivity index (χ1v) is 12.1. The van der Waals surface area contributed by atoms with Crippen molar-refractivity contribution >= 4 is 0 Å². The minimum Gasteiger partial charge on any atom is -0.0654 e. The Balaban J connectivity index is 1.48. The molecule has 144 valence electrons. The summed E-state index contributed by atoms with van der Waals surface area (Å²) in [5, 5.41) is 0. The van der Waals surface area contributed by atoms with E-state index in [1.54, 1.807) is 57.8 Å². The molecule has 4 saturated carbocycles. The molecule has 0 aliphatic heterocycles. The van der Waals surface area contributed by atoms with E-state index in [4.69, 9.17) is 0 Å². The van der Waals surface area contributed by atoms with Crippen LogP contribution in [0.15, 0.2) is 0 Å². The summed E-state index contributed by atoms with van der Waals surface area (Å²) in [5.41, 5.74) is 0.697. The van der Waals surface area contributed by atoms with E-state index in [1.165, 1.54) is 19.3 Å². The fourth-order valence-electron chi connectivity index (χ4n) is 8.88. The maximum absolute atomic E-state index is 2.72. The van der Waals surface area contributed by atoms with E-state index in [-0.39, 0.29) is 0 Å². The van der Waals surface area contributed by atoms with E-state index < -0.39 is 0 Å². The first kappa shape index (κ1) is 18.4. The summed E-state index contributed by atoms with van der Waals surface area (Å²) in [4.78, 5) is 0. The SMILES string of the molecule is CCCC1CCC2C(CCC3C2CCC2(C)C(C(C)CC)CCC32)C1. The number of hydrogen-bond acceptors (Lipinski definition) is 0. The van der Waals surface area contributed by atoms with Gasteiger partial charge in [0, 0.05) is 0 Å². The summed E-state index contributed by atoms with van der Waals surface area (Å²) >= 11 is 0. The van der Waals surface area contributed by atoms with Crippen molar-refractivity contribution in [3.8, 4) is 0 Å². The van der Waals surface area contributed by atoms with Crippen molar-refractivity contribution in [2.24, 2.45) is 52.8 Å². The standard InChI is InChI=1S/C25H44/c1-5-7-18-8-10-20-19(16-18)9-11-22-21(20)14-15-25(4)23(17(3)6-2)12-13-24(22)25/h17-24H,5-16H2,1-4H3. The van der Waals surface area contributed by atoms with Crippen LogP contribution in [0.25, 0.3) is 0 Å². The van der Waals surface area contributed by atoms with Crippen LogP contribution in [0.1, 0.15) is 105 Å². The van der Waals surface area contributed by atoms with Crippen molar-refractivity contribution in [1.82, 2.24) is 0 Å². The smallest absolute Gasteiger partial charge is 0.0264 e. The Morgan fingerprint density at radius 3 is 2.44 bits per heavy atom. The third-order valence-electron chi connectivity index (χ3n) is 10.2. The largest absolute Gasteiger partial charge is 0.0654 e. The molecular formula is C25H44. The lowest BCUT2D eigenvalue weighted by molar-refractivity contribution is -0.0742. The van der Waals surface area contributed by atoms with Crippen LogP contribution in [0.4, 0.5) is 0 Å². The molecule has 0 spiro atoms. The molecule has 9 unspecified atom stereocenters. The minimum absolute atomic E-state index is 0.697. The van der Waals surface area contributed by atoms with Gasteiger partial charge in [0.1, 0.15) is 0 Å². The van der Waals surface area contributed by atoms with Crippen molar-refractivity contribution in [2.75, 3.05) is 0 Å². The van der Waals surface area contributed by atoms with E-state index >= 15 is 0 Å². The molecule has 4 aliphatic carbocycles. The summed E-state index contributed by atoms with van der Waals surface area (Å²) in [6, 6.07) is 0. The Bertz CT molecular complexity index is 453. The average Bonchev–Trinajstić information content (AvgIpc) is 2.98. The molecule has 0 aromatic heterocycles. The number of hydrogen-bond donors (Lipinski definition) is 0. The fraction of sp³-hybridized carbons (Fsp3) is 1.00. The zero-order valence-corrected chi connectivity index (χ0v) is 17.6. The summed E-state index contributed by atoms with van der Waals surface area (Å²) in [6.45, 7) is 10.1. The molecule has 9 atom stereocenters. The lowest BCUT2D eigenvalue weighted by Crippen LogP contribution is -2.49. The van der Waals surface area contributed by atoms with Gasteiger partial charge in [-0.05, 0) is 104 Å². The van der Waals surface area contributed by atoms with Crippen LogP contribution in [-0.2, 0) is 0 Å². The van der Waals surface area contributed by atoms with Gasteiger partial charge in [0.15, 0.2) is 0 Å². The van der Waals surface area contributed by atoms with E-state index in [0.29, 0.717) is 5.41 Å². The molecule has 0 heterocycles. The van der Waals surface area contributed by atoms with Crippen LogP contribution in [0.2, 0.25) is 0 Å². The Morgan fingerprint density at radius 1 is 0.880 bits per heavy atom. The van der Waals surface area contributed by atoms with Crippen LogP contribution in [0, 0.1) is 52.8 Å². The number of rotatable bonds is 4. The normalized spacial score (nSPS) is 50.6. The quantitative estimate of drug-likeness (QED) is 0.489. The predicted molar refractivity (Wildman–Crippen MR) is 108 cm³/mol. The molecule has 4 rings (SSSR count). The summed E-state index contributed by atoms with van der Waals surface area (Å²) in [6.07, 6.45) is 18.5. The molecule has 0 aromatic rings. The highest BCUT2D eigenvalue weighted by Crippen LogP contribution is 2.65. The van der Waals surface area contributed by atoms with Gasteiger partial charge in [0.2, 0.25) is 0 Å². The molecule has 0 heteroatoms. The van der Waals surface area contributed by atoms with Gasteiger partial charge >= 0.3 is 0 Å². The maximum Gasteiger partial charge on any atom is -0.0264 e. The van der Waals surface area contributed by atoms with Gasteiger partial charge in [-0.25, -0.2) is 0 Å². The van der Waals surface area contributed by atoms with Crippen LogP contribution in [0.5, 0.6) is 0 Å². The second-order valence-corrected chi connectivity index (χ2v) is 11.0. The molecule has 0 N–H and O–H groups in total. The highest BCUT2D eigenvalue weighted by molar-refractivity contribution is 5.06. The second kappa shape index (κ2) is 7.20. The van der Waals surface area contributed by atoms with Crippen LogP contribution < -0.4 is 0 Å². The first-order chi connectivity index (χ1) is 12.1. The predicted octanol–water partition coefficient (Wildman–Crippen LogP) is 7.72. The summed E-state index contributed by atoms with van der Waals surface area (Å²) in [5.74, 6) is 8.61. The number of fused-ring (bicyclic) bond motifs is 5. The van der Waals surface area contributed by atoms with Crippen LogP contribution in [-0.4, -0.2) is 0 Å².